The molecule has 0 atom stereocenters. The van der Waals surface area contributed by atoms with E-state index in [2.05, 4.69) is 18.0 Å². The molecule has 7 nitrogen and oxygen atoms in total. The van der Waals surface area contributed by atoms with Gasteiger partial charge in [0.15, 0.2) is 5.43 Å². The van der Waals surface area contributed by atoms with Crippen LogP contribution in [0.4, 0.5) is 3.89 Å². The molecule has 0 saturated heterocycles. The van der Waals surface area contributed by atoms with Crippen molar-refractivity contribution in [2.75, 3.05) is 6.61 Å². The number of benzene rings is 3. The fraction of sp³-hybridized carbons (Fsp3) is 0.267. The Kier molecular flexibility index (Phi) is 6.91. The van der Waals surface area contributed by atoms with Crippen molar-refractivity contribution in [3.8, 4) is 22.9 Å². The van der Waals surface area contributed by atoms with Gasteiger partial charge in [-0.05, 0) is 54.3 Å². The standard InChI is InChI=1S/C30H28FN3O4S/c1-4-5-11-34-26-14-23(20-7-6-8-21(13-20)39(31,36)37)27(38-17-18(2)3)15-24(26)29(35)28-22-10-9-19(16-32)12-25(22)33-30(28)34/h6-10,12-15,18,33H,4-5,11,17H2,1-3H3. The third-order valence-electron chi connectivity index (χ3n) is 6.77. The van der Waals surface area contributed by atoms with Crippen molar-refractivity contribution in [2.24, 2.45) is 5.92 Å². The van der Waals surface area contributed by atoms with Gasteiger partial charge in [0.05, 0.1) is 39.4 Å². The van der Waals surface area contributed by atoms with Crippen LogP contribution in [0.3, 0.4) is 0 Å². The second-order valence-corrected chi connectivity index (χ2v) is 11.4. The Balaban J connectivity index is 1.89. The van der Waals surface area contributed by atoms with E-state index in [9.17, 15) is 22.4 Å². The molecule has 0 amide bonds. The fourth-order valence-corrected chi connectivity index (χ4v) is 5.39. The van der Waals surface area contributed by atoms with E-state index >= 15 is 0 Å². The molecule has 2 heterocycles. The minimum Gasteiger partial charge on any atom is -0.493 e. The van der Waals surface area contributed by atoms with E-state index in [1.807, 2.05) is 24.5 Å². The maximum absolute atomic E-state index is 14.0. The normalized spacial score (nSPS) is 12.0. The average molecular weight is 546 g/mol. The Labute approximate surface area is 225 Å². The van der Waals surface area contributed by atoms with Crippen LogP contribution in [0.5, 0.6) is 5.75 Å². The predicted molar refractivity (Wildman–Crippen MR) is 151 cm³/mol. The van der Waals surface area contributed by atoms with Gasteiger partial charge >= 0.3 is 10.2 Å². The first-order chi connectivity index (χ1) is 18.6. The highest BCUT2D eigenvalue weighted by Crippen LogP contribution is 2.37. The van der Waals surface area contributed by atoms with Crippen molar-refractivity contribution in [1.29, 1.82) is 5.26 Å². The fourth-order valence-electron chi connectivity index (χ4n) is 4.88. The summed E-state index contributed by atoms with van der Waals surface area (Å²) in [6, 6.07) is 16.5. The number of rotatable bonds is 8. The lowest BCUT2D eigenvalue weighted by molar-refractivity contribution is 0.272. The van der Waals surface area contributed by atoms with E-state index in [0.29, 0.717) is 63.0 Å². The third kappa shape index (κ3) is 4.88. The number of hydrogen-bond acceptors (Lipinski definition) is 5. The summed E-state index contributed by atoms with van der Waals surface area (Å²) < 4.78 is 45.4. The van der Waals surface area contributed by atoms with Gasteiger partial charge in [-0.2, -0.15) is 13.7 Å². The van der Waals surface area contributed by atoms with Crippen molar-refractivity contribution in [2.45, 2.75) is 45.1 Å². The van der Waals surface area contributed by atoms with Crippen molar-refractivity contribution < 1.29 is 17.0 Å². The largest absolute Gasteiger partial charge is 0.493 e. The first-order valence-corrected chi connectivity index (χ1v) is 14.2. The van der Waals surface area contributed by atoms with E-state index in [1.165, 1.54) is 18.2 Å². The van der Waals surface area contributed by atoms with E-state index in [-0.39, 0.29) is 11.3 Å². The quantitative estimate of drug-likeness (QED) is 0.219. The van der Waals surface area contributed by atoms with Gasteiger partial charge in [-0.3, -0.25) is 4.79 Å². The molecular weight excluding hydrogens is 517 g/mol. The van der Waals surface area contributed by atoms with E-state index in [1.54, 1.807) is 30.3 Å². The highest BCUT2D eigenvalue weighted by atomic mass is 32.3. The molecule has 2 aromatic heterocycles. The van der Waals surface area contributed by atoms with Crippen LogP contribution in [0, 0.1) is 17.2 Å². The predicted octanol–water partition coefficient (Wildman–Crippen LogP) is 6.67. The molecule has 3 aromatic carbocycles. The molecule has 5 aromatic rings. The Morgan fingerprint density at radius 1 is 1.10 bits per heavy atom. The smallest absolute Gasteiger partial charge is 0.332 e. The first-order valence-electron chi connectivity index (χ1n) is 12.9. The third-order valence-corrected chi connectivity index (χ3v) is 7.59. The molecule has 0 aliphatic rings. The van der Waals surface area contributed by atoms with E-state index in [4.69, 9.17) is 4.74 Å². The molecule has 0 unspecified atom stereocenters. The molecule has 0 saturated carbocycles. The molecule has 200 valence electrons. The maximum atomic E-state index is 14.0. The highest BCUT2D eigenvalue weighted by Gasteiger charge is 2.21. The Morgan fingerprint density at radius 3 is 2.59 bits per heavy atom. The number of nitriles is 1. The van der Waals surface area contributed by atoms with Gasteiger partial charge in [-0.15, -0.1) is 3.89 Å². The average Bonchev–Trinajstić information content (AvgIpc) is 3.30. The summed E-state index contributed by atoms with van der Waals surface area (Å²) in [6.45, 7) is 7.07. The number of fused-ring (bicyclic) bond motifs is 4. The Bertz CT molecular complexity index is 1950. The summed E-state index contributed by atoms with van der Waals surface area (Å²) in [5.74, 6) is 0.604. The Hall–Kier alpha value is -4.16. The molecule has 0 fully saturated rings. The molecular formula is C30H28FN3O4S. The maximum Gasteiger partial charge on any atom is 0.332 e. The topological polar surface area (TPSA) is 105 Å². The zero-order valence-corrected chi connectivity index (χ0v) is 22.7. The molecule has 0 spiro atoms. The molecule has 0 radical (unpaired) electrons. The summed E-state index contributed by atoms with van der Waals surface area (Å²) in [5.41, 5.74) is 3.31. The lowest BCUT2D eigenvalue weighted by Crippen LogP contribution is -2.13. The number of hydrogen-bond donors (Lipinski definition) is 1. The van der Waals surface area contributed by atoms with Crippen LogP contribution in [0.15, 0.2) is 64.3 Å². The van der Waals surface area contributed by atoms with Crippen molar-refractivity contribution in [3.63, 3.8) is 0 Å². The number of ether oxygens (including phenoxy) is 1. The van der Waals surface area contributed by atoms with Crippen molar-refractivity contribution in [1.82, 2.24) is 9.55 Å². The lowest BCUT2D eigenvalue weighted by atomic mass is 10.0. The number of halogens is 1. The van der Waals surface area contributed by atoms with Gasteiger partial charge in [0.2, 0.25) is 0 Å². The number of aryl methyl sites for hydroxylation is 1. The monoisotopic (exact) mass is 545 g/mol. The molecule has 39 heavy (non-hydrogen) atoms. The number of pyridine rings is 1. The summed E-state index contributed by atoms with van der Waals surface area (Å²) in [4.78, 5) is 16.9. The Morgan fingerprint density at radius 2 is 1.90 bits per heavy atom. The number of aromatic nitrogens is 2. The summed E-state index contributed by atoms with van der Waals surface area (Å²) >= 11 is 0. The van der Waals surface area contributed by atoms with Gasteiger partial charge in [0.1, 0.15) is 11.4 Å². The SMILES string of the molecule is CCCCn1c2cc(-c3cccc(S(=O)(=O)F)c3)c(OCC(C)C)cc2c(=O)c2c3ccc(C#N)cc3[nH]c21. The second-order valence-electron chi connectivity index (χ2n) is 10.1. The molecule has 1 N–H and O–H groups in total. The zero-order chi connectivity index (χ0) is 27.9. The number of unbranched alkanes of at least 4 members (excludes halogenated alkanes) is 1. The van der Waals surface area contributed by atoms with Crippen LogP contribution in [0.2, 0.25) is 0 Å². The lowest BCUT2D eigenvalue weighted by Gasteiger charge is -2.18. The molecule has 5 rings (SSSR count). The first kappa shape index (κ1) is 26.4. The van der Waals surface area contributed by atoms with Crippen molar-refractivity contribution in [3.05, 3.63) is 70.4 Å². The van der Waals surface area contributed by atoms with Crippen LogP contribution < -0.4 is 10.2 Å². The van der Waals surface area contributed by atoms with E-state index < -0.39 is 15.1 Å². The van der Waals surface area contributed by atoms with Crippen LogP contribution >= 0.6 is 0 Å². The van der Waals surface area contributed by atoms with E-state index in [0.717, 1.165) is 18.2 Å². The molecule has 0 aliphatic carbocycles. The minimum atomic E-state index is -4.91. The molecule has 0 bridgehead atoms. The van der Waals surface area contributed by atoms with Crippen LogP contribution in [0.1, 0.15) is 39.2 Å². The highest BCUT2D eigenvalue weighted by molar-refractivity contribution is 7.86. The van der Waals surface area contributed by atoms with Gasteiger partial charge in [0, 0.05) is 23.0 Å². The summed E-state index contributed by atoms with van der Waals surface area (Å²) in [6.07, 6.45) is 1.77. The van der Waals surface area contributed by atoms with Gasteiger partial charge in [-0.1, -0.05) is 45.4 Å². The van der Waals surface area contributed by atoms with Crippen molar-refractivity contribution >= 4 is 43.1 Å². The van der Waals surface area contributed by atoms with Gasteiger partial charge in [0.25, 0.3) is 0 Å². The number of nitrogens with one attached hydrogen (secondary N) is 1. The number of nitrogens with zero attached hydrogens (tertiary/aromatic N) is 2. The van der Waals surface area contributed by atoms with Crippen LogP contribution in [-0.4, -0.2) is 24.6 Å². The second kappa shape index (κ2) is 10.2. The summed E-state index contributed by atoms with van der Waals surface area (Å²) in [7, 11) is -4.91. The van der Waals surface area contributed by atoms with Gasteiger partial charge in [-0.25, -0.2) is 0 Å². The van der Waals surface area contributed by atoms with Crippen LogP contribution in [0.25, 0.3) is 44.0 Å². The van der Waals surface area contributed by atoms with Gasteiger partial charge < -0.3 is 14.3 Å². The minimum absolute atomic E-state index is 0.176. The summed E-state index contributed by atoms with van der Waals surface area (Å²) in [5, 5.41) is 11.1. The zero-order valence-electron chi connectivity index (χ0n) is 21.9. The molecule has 0 aliphatic heterocycles. The number of H-pyrrole nitrogens is 1. The molecule has 9 heteroatoms. The van der Waals surface area contributed by atoms with Crippen LogP contribution in [-0.2, 0) is 16.8 Å². The number of aromatic amines is 1.